The van der Waals surface area contributed by atoms with Crippen LogP contribution in [-0.4, -0.2) is 48.8 Å². The highest BCUT2D eigenvalue weighted by atomic mass is 16.5. The number of phenolic OH excluding ortho intramolecular Hbond substituents is 1. The normalized spacial score (nSPS) is 10.2. The number of nitrogens with zero attached hydrogens (tertiary/aromatic N) is 1. The molecule has 2 rings (SSSR count). The predicted octanol–water partition coefficient (Wildman–Crippen LogP) is 3.01. The highest BCUT2D eigenvalue weighted by Gasteiger charge is 2.17. The fourth-order valence-electron chi connectivity index (χ4n) is 2.62. The zero-order valence-corrected chi connectivity index (χ0v) is 16.3. The van der Waals surface area contributed by atoms with Gasteiger partial charge in [0.25, 0.3) is 5.91 Å². The first-order chi connectivity index (χ1) is 13.5. The molecule has 0 aliphatic carbocycles. The lowest BCUT2D eigenvalue weighted by Crippen LogP contribution is -2.34. The van der Waals surface area contributed by atoms with E-state index in [1.165, 1.54) is 24.3 Å². The van der Waals surface area contributed by atoms with E-state index >= 15 is 0 Å². The summed E-state index contributed by atoms with van der Waals surface area (Å²) in [4.78, 5) is 26.0. The van der Waals surface area contributed by atoms with Gasteiger partial charge in [-0.2, -0.15) is 0 Å². The van der Waals surface area contributed by atoms with Crippen molar-refractivity contribution >= 4 is 11.9 Å². The number of rotatable bonds is 9. The summed E-state index contributed by atoms with van der Waals surface area (Å²) in [6.45, 7) is 4.69. The van der Waals surface area contributed by atoms with Crippen LogP contribution in [0.5, 0.6) is 17.2 Å². The van der Waals surface area contributed by atoms with E-state index in [9.17, 15) is 14.7 Å². The molecule has 150 valence electrons. The Hall–Kier alpha value is -3.22. The van der Waals surface area contributed by atoms with Gasteiger partial charge in [-0.05, 0) is 49.7 Å². The Labute approximate surface area is 164 Å². The Morgan fingerprint density at radius 3 is 2.50 bits per heavy atom. The van der Waals surface area contributed by atoms with Gasteiger partial charge in [-0.15, -0.1) is 0 Å². The minimum absolute atomic E-state index is 0.0413. The summed E-state index contributed by atoms with van der Waals surface area (Å²) in [5, 5.41) is 9.42. The van der Waals surface area contributed by atoms with Crippen LogP contribution in [0.2, 0.25) is 0 Å². The van der Waals surface area contributed by atoms with Crippen molar-refractivity contribution in [3.63, 3.8) is 0 Å². The molecule has 28 heavy (non-hydrogen) atoms. The van der Waals surface area contributed by atoms with Crippen LogP contribution in [0.1, 0.15) is 29.8 Å². The Balaban J connectivity index is 1.98. The number of aromatic hydroxyl groups is 1. The monoisotopic (exact) mass is 387 g/mol. The Morgan fingerprint density at radius 2 is 1.86 bits per heavy atom. The molecule has 0 aliphatic rings. The molecule has 2 aromatic rings. The number of phenols is 1. The van der Waals surface area contributed by atoms with Crippen LogP contribution in [-0.2, 0) is 16.1 Å². The third-order valence-electron chi connectivity index (χ3n) is 4.04. The molecule has 0 spiro atoms. The van der Waals surface area contributed by atoms with Gasteiger partial charge in [-0.25, -0.2) is 4.79 Å². The van der Waals surface area contributed by atoms with Gasteiger partial charge in [0.1, 0.15) is 5.75 Å². The molecule has 1 amide bonds. The number of benzene rings is 2. The molecule has 7 heteroatoms. The van der Waals surface area contributed by atoms with E-state index in [0.717, 1.165) is 5.56 Å². The van der Waals surface area contributed by atoms with Crippen molar-refractivity contribution in [1.29, 1.82) is 0 Å². The number of hydrogen-bond acceptors (Lipinski definition) is 6. The number of ether oxygens (including phenoxy) is 3. The molecule has 0 unspecified atom stereocenters. The number of carbonyl (C=O) groups excluding carboxylic acids is 2. The molecule has 1 N–H and O–H groups in total. The average molecular weight is 387 g/mol. The maximum absolute atomic E-state index is 12.4. The third-order valence-corrected chi connectivity index (χ3v) is 4.04. The van der Waals surface area contributed by atoms with Crippen molar-refractivity contribution in [2.24, 2.45) is 0 Å². The first kappa shape index (κ1) is 21.1. The highest BCUT2D eigenvalue weighted by Crippen LogP contribution is 2.28. The molecule has 7 nitrogen and oxygen atoms in total. The summed E-state index contributed by atoms with van der Waals surface area (Å²) >= 11 is 0. The quantitative estimate of drug-likeness (QED) is 0.666. The zero-order valence-electron chi connectivity index (χ0n) is 16.3. The van der Waals surface area contributed by atoms with E-state index in [1.807, 2.05) is 26.0 Å². The summed E-state index contributed by atoms with van der Waals surface area (Å²) < 4.78 is 15.9. The maximum Gasteiger partial charge on any atom is 0.338 e. The van der Waals surface area contributed by atoms with Crippen molar-refractivity contribution in [3.05, 3.63) is 53.6 Å². The Kier molecular flexibility index (Phi) is 7.68. The van der Waals surface area contributed by atoms with Crippen LogP contribution < -0.4 is 9.47 Å². The number of hydrogen-bond donors (Lipinski definition) is 1. The van der Waals surface area contributed by atoms with Gasteiger partial charge in [0.15, 0.2) is 18.1 Å². The largest absolute Gasteiger partial charge is 0.508 e. The van der Waals surface area contributed by atoms with Crippen LogP contribution in [0, 0.1) is 0 Å². The third kappa shape index (κ3) is 5.64. The lowest BCUT2D eigenvalue weighted by atomic mass is 10.2. The molecular formula is C21H25NO6. The second kappa shape index (κ2) is 10.2. The first-order valence-electron chi connectivity index (χ1n) is 9.02. The predicted molar refractivity (Wildman–Crippen MR) is 104 cm³/mol. The molecule has 0 fully saturated rings. The smallest absolute Gasteiger partial charge is 0.338 e. The van der Waals surface area contributed by atoms with Crippen LogP contribution >= 0.6 is 0 Å². The van der Waals surface area contributed by atoms with E-state index < -0.39 is 5.97 Å². The molecule has 2 aromatic carbocycles. The van der Waals surface area contributed by atoms with Gasteiger partial charge < -0.3 is 24.2 Å². The van der Waals surface area contributed by atoms with E-state index in [1.54, 1.807) is 18.1 Å². The lowest BCUT2D eigenvalue weighted by Gasteiger charge is -2.21. The second-order valence-electron chi connectivity index (χ2n) is 5.95. The number of esters is 1. The van der Waals surface area contributed by atoms with Crippen LogP contribution in [0.15, 0.2) is 42.5 Å². The number of amides is 1. The summed E-state index contributed by atoms with van der Waals surface area (Å²) in [5.74, 6) is 0.216. The molecule has 0 saturated heterocycles. The van der Waals surface area contributed by atoms with Gasteiger partial charge >= 0.3 is 5.97 Å². The van der Waals surface area contributed by atoms with E-state index in [4.69, 9.17) is 14.2 Å². The van der Waals surface area contributed by atoms with Crippen molar-refractivity contribution in [3.8, 4) is 17.2 Å². The lowest BCUT2D eigenvalue weighted by molar-refractivity contribution is -0.134. The van der Waals surface area contributed by atoms with Crippen molar-refractivity contribution in [2.45, 2.75) is 20.4 Å². The zero-order chi connectivity index (χ0) is 20.5. The Bertz CT molecular complexity index is 820. The molecule has 0 radical (unpaired) electrons. The van der Waals surface area contributed by atoms with Gasteiger partial charge in [0, 0.05) is 13.1 Å². The minimum Gasteiger partial charge on any atom is -0.508 e. The summed E-state index contributed by atoms with van der Waals surface area (Å²) in [6.07, 6.45) is 0. The molecule has 0 atom stereocenters. The summed E-state index contributed by atoms with van der Waals surface area (Å²) in [5.41, 5.74) is 1.06. The average Bonchev–Trinajstić information content (AvgIpc) is 2.71. The molecule has 0 aromatic heterocycles. The topological polar surface area (TPSA) is 85.3 Å². The van der Waals surface area contributed by atoms with Gasteiger partial charge in [0.2, 0.25) is 0 Å². The maximum atomic E-state index is 12.4. The summed E-state index contributed by atoms with van der Waals surface area (Å²) in [6, 6.07) is 11.3. The molecular weight excluding hydrogens is 362 g/mol. The van der Waals surface area contributed by atoms with Crippen LogP contribution in [0.3, 0.4) is 0 Å². The standard InChI is InChI=1S/C21H25NO6/c1-4-22(13-15-9-10-18(27-5-2)19(11-15)26-3)20(24)14-28-21(25)16-7-6-8-17(23)12-16/h6-12,23H,4-5,13-14H2,1-3H3. The summed E-state index contributed by atoms with van der Waals surface area (Å²) in [7, 11) is 1.56. The molecule has 0 bridgehead atoms. The van der Waals surface area contributed by atoms with Gasteiger partial charge in [0.05, 0.1) is 19.3 Å². The molecule has 0 heterocycles. The number of methoxy groups -OCH3 is 1. The van der Waals surface area contributed by atoms with E-state index in [-0.39, 0.29) is 23.8 Å². The number of carbonyl (C=O) groups is 2. The fourth-order valence-corrected chi connectivity index (χ4v) is 2.62. The van der Waals surface area contributed by atoms with E-state index in [2.05, 4.69) is 0 Å². The highest BCUT2D eigenvalue weighted by molar-refractivity contribution is 5.91. The molecule has 0 saturated carbocycles. The van der Waals surface area contributed by atoms with Crippen molar-refractivity contribution in [2.75, 3.05) is 26.9 Å². The van der Waals surface area contributed by atoms with Crippen molar-refractivity contribution in [1.82, 2.24) is 4.90 Å². The molecule has 0 aliphatic heterocycles. The van der Waals surface area contributed by atoms with E-state index in [0.29, 0.717) is 31.2 Å². The van der Waals surface area contributed by atoms with Crippen molar-refractivity contribution < 1.29 is 28.9 Å². The van der Waals surface area contributed by atoms with Crippen LogP contribution in [0.25, 0.3) is 0 Å². The fraction of sp³-hybridized carbons (Fsp3) is 0.333. The second-order valence-corrected chi connectivity index (χ2v) is 5.95. The SMILES string of the molecule is CCOc1ccc(CN(CC)C(=O)COC(=O)c2cccc(O)c2)cc1OC. The minimum atomic E-state index is -0.664. The first-order valence-corrected chi connectivity index (χ1v) is 9.02. The Morgan fingerprint density at radius 1 is 1.07 bits per heavy atom. The number of likely N-dealkylation sites (N-methyl/N-ethyl adjacent to an activating group) is 1. The van der Waals surface area contributed by atoms with Gasteiger partial charge in [-0.1, -0.05) is 12.1 Å². The van der Waals surface area contributed by atoms with Crippen LogP contribution in [0.4, 0.5) is 0 Å². The van der Waals surface area contributed by atoms with Gasteiger partial charge in [-0.3, -0.25) is 4.79 Å².